The number of hydrogen-bond acceptors (Lipinski definition) is 2. The van der Waals surface area contributed by atoms with Gasteiger partial charge in [-0.05, 0) is 18.6 Å². The molecule has 0 saturated heterocycles. The second kappa shape index (κ2) is 2.05. The first-order chi connectivity index (χ1) is 5.29. The smallest absolute Gasteiger partial charge is 0.270 e. The van der Waals surface area contributed by atoms with Crippen molar-refractivity contribution in [3.05, 3.63) is 29.1 Å². The van der Waals surface area contributed by atoms with Gasteiger partial charge >= 0.3 is 0 Å². The number of aryl methyl sites for hydroxylation is 1. The molecule has 0 radical (unpaired) electrons. The maximum absolute atomic E-state index is 11.0. The van der Waals surface area contributed by atoms with Gasteiger partial charge in [-0.25, -0.2) is 0 Å². The lowest BCUT2D eigenvalue weighted by atomic mass is 10.1. The molecular formula is C8H8N2O. The minimum absolute atomic E-state index is 0.0521. The predicted molar refractivity (Wildman–Crippen MR) is 40.1 cm³/mol. The van der Waals surface area contributed by atoms with Crippen molar-refractivity contribution in [2.24, 2.45) is 0 Å². The minimum atomic E-state index is -0.0521. The molecule has 1 aromatic rings. The van der Waals surface area contributed by atoms with Crippen molar-refractivity contribution in [3.63, 3.8) is 0 Å². The summed E-state index contributed by atoms with van der Waals surface area (Å²) >= 11 is 0. The van der Waals surface area contributed by atoms with Crippen LogP contribution in [0.4, 0.5) is 0 Å². The Bertz CT molecular complexity index is 320. The molecule has 0 unspecified atom stereocenters. The molecule has 11 heavy (non-hydrogen) atoms. The molecule has 3 heteroatoms. The molecule has 0 aromatic carbocycles. The number of nitrogens with zero attached hydrogens (tertiary/aromatic N) is 1. The van der Waals surface area contributed by atoms with E-state index in [-0.39, 0.29) is 5.91 Å². The van der Waals surface area contributed by atoms with E-state index in [4.69, 9.17) is 0 Å². The number of pyridine rings is 1. The average molecular weight is 148 g/mol. The van der Waals surface area contributed by atoms with Crippen LogP contribution in [0.2, 0.25) is 0 Å². The highest BCUT2D eigenvalue weighted by Gasteiger charge is 2.20. The minimum Gasteiger partial charge on any atom is -0.347 e. The van der Waals surface area contributed by atoms with Gasteiger partial charge in [-0.3, -0.25) is 9.78 Å². The molecular weight excluding hydrogens is 140 g/mol. The van der Waals surface area contributed by atoms with Crippen LogP contribution in [0.15, 0.2) is 12.3 Å². The summed E-state index contributed by atoms with van der Waals surface area (Å²) < 4.78 is 0. The Morgan fingerprint density at radius 1 is 1.64 bits per heavy atom. The van der Waals surface area contributed by atoms with E-state index in [1.165, 1.54) is 0 Å². The van der Waals surface area contributed by atoms with Gasteiger partial charge in [-0.1, -0.05) is 0 Å². The van der Waals surface area contributed by atoms with Crippen molar-refractivity contribution >= 4 is 5.91 Å². The predicted octanol–water partition coefficient (Wildman–Crippen LogP) is 0.633. The lowest BCUT2D eigenvalue weighted by molar-refractivity contribution is 0.0961. The zero-order chi connectivity index (χ0) is 7.84. The van der Waals surface area contributed by atoms with Crippen LogP contribution in [0.1, 0.15) is 21.6 Å². The van der Waals surface area contributed by atoms with E-state index in [1.54, 1.807) is 6.20 Å². The first kappa shape index (κ1) is 6.34. The number of carbonyl (C=O) groups excluding carboxylic acids is 1. The molecule has 1 aliphatic heterocycles. The summed E-state index contributed by atoms with van der Waals surface area (Å²) in [5, 5.41) is 2.72. The molecule has 1 aromatic heterocycles. The molecule has 2 heterocycles. The third kappa shape index (κ3) is 0.808. The molecule has 0 fully saturated rings. The van der Waals surface area contributed by atoms with Crippen molar-refractivity contribution in [1.29, 1.82) is 0 Å². The van der Waals surface area contributed by atoms with E-state index in [1.807, 2.05) is 13.0 Å². The molecule has 0 saturated carbocycles. The topological polar surface area (TPSA) is 42.0 Å². The molecule has 0 aliphatic carbocycles. The fourth-order valence-corrected chi connectivity index (χ4v) is 1.26. The van der Waals surface area contributed by atoms with Crippen LogP contribution in [0.3, 0.4) is 0 Å². The Kier molecular flexibility index (Phi) is 1.18. The molecule has 1 aliphatic rings. The zero-order valence-corrected chi connectivity index (χ0v) is 6.22. The number of rotatable bonds is 0. The fourth-order valence-electron chi connectivity index (χ4n) is 1.26. The summed E-state index contributed by atoms with van der Waals surface area (Å²) in [4.78, 5) is 15.0. The first-order valence-electron chi connectivity index (χ1n) is 3.52. The SMILES string of the molecule is Cc1ccnc2c1CNC2=O. The zero-order valence-electron chi connectivity index (χ0n) is 6.22. The number of carbonyl (C=O) groups is 1. The standard InChI is InChI=1S/C8H8N2O/c1-5-2-3-9-7-6(5)4-10-8(7)11/h2-3H,4H2,1H3,(H,10,11). The number of aromatic nitrogens is 1. The van der Waals surface area contributed by atoms with Crippen LogP contribution >= 0.6 is 0 Å². The highest BCUT2D eigenvalue weighted by molar-refractivity contribution is 5.96. The molecule has 0 bridgehead atoms. The summed E-state index contributed by atoms with van der Waals surface area (Å²) in [7, 11) is 0. The summed E-state index contributed by atoms with van der Waals surface area (Å²) in [6, 6.07) is 1.92. The molecule has 3 nitrogen and oxygen atoms in total. The van der Waals surface area contributed by atoms with E-state index >= 15 is 0 Å². The maximum Gasteiger partial charge on any atom is 0.270 e. The van der Waals surface area contributed by atoms with Crippen molar-refractivity contribution in [3.8, 4) is 0 Å². The van der Waals surface area contributed by atoms with Crippen LogP contribution in [0, 0.1) is 6.92 Å². The van der Waals surface area contributed by atoms with Gasteiger partial charge in [0, 0.05) is 18.3 Å². The summed E-state index contributed by atoms with van der Waals surface area (Å²) in [5.41, 5.74) is 2.76. The second-order valence-corrected chi connectivity index (χ2v) is 2.64. The highest BCUT2D eigenvalue weighted by Crippen LogP contribution is 2.15. The van der Waals surface area contributed by atoms with Crippen LogP contribution in [0.5, 0.6) is 0 Å². The van der Waals surface area contributed by atoms with E-state index in [0.717, 1.165) is 11.1 Å². The summed E-state index contributed by atoms with van der Waals surface area (Å²) in [6.45, 7) is 2.62. The fraction of sp³-hybridized carbons (Fsp3) is 0.250. The number of fused-ring (bicyclic) bond motifs is 1. The van der Waals surface area contributed by atoms with Crippen molar-refractivity contribution < 1.29 is 4.79 Å². The molecule has 0 spiro atoms. The Morgan fingerprint density at radius 2 is 2.45 bits per heavy atom. The van der Waals surface area contributed by atoms with Crippen molar-refractivity contribution in [1.82, 2.24) is 10.3 Å². The normalized spacial score (nSPS) is 14.5. The average Bonchev–Trinajstić information content (AvgIpc) is 2.35. The Labute approximate surface area is 64.5 Å². The van der Waals surface area contributed by atoms with Crippen molar-refractivity contribution in [2.45, 2.75) is 13.5 Å². The van der Waals surface area contributed by atoms with E-state index < -0.39 is 0 Å². The quantitative estimate of drug-likeness (QED) is 0.586. The molecule has 56 valence electrons. The second-order valence-electron chi connectivity index (χ2n) is 2.64. The van der Waals surface area contributed by atoms with Crippen LogP contribution < -0.4 is 5.32 Å². The largest absolute Gasteiger partial charge is 0.347 e. The molecule has 1 N–H and O–H groups in total. The van der Waals surface area contributed by atoms with Crippen LogP contribution in [-0.2, 0) is 6.54 Å². The number of nitrogens with one attached hydrogen (secondary N) is 1. The van der Waals surface area contributed by atoms with Gasteiger partial charge in [0.15, 0.2) is 0 Å². The van der Waals surface area contributed by atoms with Gasteiger partial charge in [-0.15, -0.1) is 0 Å². The van der Waals surface area contributed by atoms with Gasteiger partial charge in [0.25, 0.3) is 5.91 Å². The van der Waals surface area contributed by atoms with Gasteiger partial charge in [0.2, 0.25) is 0 Å². The van der Waals surface area contributed by atoms with Crippen LogP contribution in [-0.4, -0.2) is 10.9 Å². The van der Waals surface area contributed by atoms with E-state index in [0.29, 0.717) is 12.2 Å². The van der Waals surface area contributed by atoms with Gasteiger partial charge in [0.05, 0.1) is 0 Å². The lowest BCUT2D eigenvalue weighted by Gasteiger charge is -1.96. The van der Waals surface area contributed by atoms with Gasteiger partial charge < -0.3 is 5.32 Å². The van der Waals surface area contributed by atoms with E-state index in [2.05, 4.69) is 10.3 Å². The third-order valence-electron chi connectivity index (χ3n) is 1.93. The van der Waals surface area contributed by atoms with Gasteiger partial charge in [0.1, 0.15) is 5.69 Å². The molecule has 1 amide bonds. The highest BCUT2D eigenvalue weighted by atomic mass is 16.2. The van der Waals surface area contributed by atoms with E-state index in [9.17, 15) is 4.79 Å². The molecule has 0 atom stereocenters. The maximum atomic E-state index is 11.0. The molecule has 2 rings (SSSR count). The monoisotopic (exact) mass is 148 g/mol. The third-order valence-corrected chi connectivity index (χ3v) is 1.93. The van der Waals surface area contributed by atoms with Gasteiger partial charge in [-0.2, -0.15) is 0 Å². The first-order valence-corrected chi connectivity index (χ1v) is 3.52. The summed E-state index contributed by atoms with van der Waals surface area (Å²) in [6.07, 6.45) is 1.67. The van der Waals surface area contributed by atoms with Crippen LogP contribution in [0.25, 0.3) is 0 Å². The Balaban J connectivity index is 2.66. The number of hydrogen-bond donors (Lipinski definition) is 1. The number of amides is 1. The summed E-state index contributed by atoms with van der Waals surface area (Å²) in [5.74, 6) is -0.0521. The Morgan fingerprint density at radius 3 is 3.18 bits per heavy atom. The van der Waals surface area contributed by atoms with Crippen molar-refractivity contribution in [2.75, 3.05) is 0 Å². The lowest BCUT2D eigenvalue weighted by Crippen LogP contribution is -2.13. The Hall–Kier alpha value is -1.38.